The van der Waals surface area contributed by atoms with E-state index in [2.05, 4.69) is 0 Å². The monoisotopic (exact) mass is 188 g/mol. The van der Waals surface area contributed by atoms with Gasteiger partial charge in [0.25, 0.3) is 5.75 Å². The zero-order valence-corrected chi connectivity index (χ0v) is 7.56. The van der Waals surface area contributed by atoms with Crippen molar-refractivity contribution in [3.8, 4) is 11.6 Å². The predicted molar refractivity (Wildman–Crippen MR) is 42.9 cm³/mol. The van der Waals surface area contributed by atoms with Crippen LogP contribution >= 0.6 is 0 Å². The lowest BCUT2D eigenvalue weighted by Gasteiger charge is -2.01. The maximum Gasteiger partial charge on any atom is 0.452 e. The van der Waals surface area contributed by atoms with Crippen LogP contribution in [-0.4, -0.2) is 23.3 Å². The highest BCUT2D eigenvalue weighted by Crippen LogP contribution is 2.22. The topological polar surface area (TPSA) is 70.6 Å². The van der Waals surface area contributed by atoms with Gasteiger partial charge in [-0.1, -0.05) is 0 Å². The van der Waals surface area contributed by atoms with Crippen molar-refractivity contribution < 1.29 is 19.5 Å². The third-order valence-electron chi connectivity index (χ3n) is 1.38. The van der Waals surface area contributed by atoms with E-state index in [1.165, 1.54) is 0 Å². The van der Waals surface area contributed by atoms with Gasteiger partial charge in [0.05, 0.1) is 13.2 Å². The standard InChI is InChI=1S/C7H12N2O4/c1-3-12-6-5-8(10)9(11)7(6)13-4-2/h5,10H,3-4H2,1-2H3. The number of nitrogens with zero attached hydrogens (tertiary/aromatic N) is 2. The van der Waals surface area contributed by atoms with Crippen LogP contribution in [0.5, 0.6) is 11.6 Å². The minimum Gasteiger partial charge on any atom is -0.591 e. The Morgan fingerprint density at radius 3 is 2.62 bits per heavy atom. The van der Waals surface area contributed by atoms with E-state index in [1.807, 2.05) is 0 Å². The Balaban J connectivity index is 2.96. The first-order chi connectivity index (χ1) is 6.20. The summed E-state index contributed by atoms with van der Waals surface area (Å²) in [4.78, 5) is 0.588. The first-order valence-corrected chi connectivity index (χ1v) is 4.00. The van der Waals surface area contributed by atoms with Crippen molar-refractivity contribution in [1.29, 1.82) is 0 Å². The lowest BCUT2D eigenvalue weighted by molar-refractivity contribution is -0.729. The van der Waals surface area contributed by atoms with E-state index in [9.17, 15) is 5.21 Å². The van der Waals surface area contributed by atoms with Crippen LogP contribution < -0.4 is 14.3 Å². The van der Waals surface area contributed by atoms with Crippen LogP contribution in [0.25, 0.3) is 0 Å². The molecular weight excluding hydrogens is 176 g/mol. The van der Waals surface area contributed by atoms with E-state index in [1.54, 1.807) is 13.8 Å². The molecule has 0 saturated carbocycles. The molecule has 0 spiro atoms. The van der Waals surface area contributed by atoms with Crippen molar-refractivity contribution >= 4 is 0 Å². The van der Waals surface area contributed by atoms with Crippen molar-refractivity contribution in [2.75, 3.05) is 13.2 Å². The van der Waals surface area contributed by atoms with Gasteiger partial charge in [-0.2, -0.15) is 0 Å². The summed E-state index contributed by atoms with van der Waals surface area (Å²) >= 11 is 0. The molecule has 1 N–H and O–H groups in total. The number of rotatable bonds is 4. The molecule has 1 heterocycles. The lowest BCUT2D eigenvalue weighted by atomic mass is 10.6. The molecule has 0 aliphatic heterocycles. The number of hydrogen-bond donors (Lipinski definition) is 1. The molecule has 0 aromatic carbocycles. The summed E-state index contributed by atoms with van der Waals surface area (Å²) in [5.74, 6) is 0.216. The van der Waals surface area contributed by atoms with Gasteiger partial charge in [0.2, 0.25) is 0 Å². The van der Waals surface area contributed by atoms with Gasteiger partial charge in [-0.3, -0.25) is 0 Å². The maximum absolute atomic E-state index is 11.1. The molecule has 13 heavy (non-hydrogen) atoms. The summed E-state index contributed by atoms with van der Waals surface area (Å²) < 4.78 is 10.1. The minimum atomic E-state index is -0.0214. The molecular formula is C7H12N2O4. The summed E-state index contributed by atoms with van der Waals surface area (Å²) in [6, 6.07) is 0. The second-order valence-electron chi connectivity index (χ2n) is 2.26. The third-order valence-corrected chi connectivity index (χ3v) is 1.38. The smallest absolute Gasteiger partial charge is 0.452 e. The number of aromatic nitrogens is 2. The SMILES string of the molecule is CCOc1cn(O)[n+]([O-])c1OCC. The van der Waals surface area contributed by atoms with E-state index in [0.717, 1.165) is 6.20 Å². The molecule has 1 aromatic heterocycles. The van der Waals surface area contributed by atoms with Crippen LogP contribution in [0.3, 0.4) is 0 Å². The zero-order chi connectivity index (χ0) is 9.84. The normalized spacial score (nSPS) is 10.0. The van der Waals surface area contributed by atoms with E-state index in [4.69, 9.17) is 14.7 Å². The average molecular weight is 188 g/mol. The predicted octanol–water partition coefficient (Wildman–Crippen LogP) is 0.156. The third kappa shape index (κ3) is 1.77. The van der Waals surface area contributed by atoms with Crippen LogP contribution in [0.1, 0.15) is 13.8 Å². The first-order valence-electron chi connectivity index (χ1n) is 4.00. The Labute approximate surface area is 75.4 Å². The molecule has 1 rings (SSSR count). The fourth-order valence-corrected chi connectivity index (χ4v) is 0.917. The van der Waals surface area contributed by atoms with Gasteiger partial charge in [0, 0.05) is 4.85 Å². The van der Waals surface area contributed by atoms with Crippen LogP contribution in [0.2, 0.25) is 0 Å². The molecule has 0 fully saturated rings. The van der Waals surface area contributed by atoms with E-state index >= 15 is 0 Å². The lowest BCUT2D eigenvalue weighted by Crippen LogP contribution is -2.37. The van der Waals surface area contributed by atoms with Gasteiger partial charge >= 0.3 is 5.88 Å². The molecule has 0 aliphatic carbocycles. The largest absolute Gasteiger partial charge is 0.591 e. The van der Waals surface area contributed by atoms with Gasteiger partial charge in [-0.25, -0.2) is 0 Å². The Morgan fingerprint density at radius 2 is 2.08 bits per heavy atom. The van der Waals surface area contributed by atoms with Crippen molar-refractivity contribution in [1.82, 2.24) is 4.85 Å². The maximum atomic E-state index is 11.1. The summed E-state index contributed by atoms with van der Waals surface area (Å²) in [5.41, 5.74) is 0. The molecule has 0 unspecified atom stereocenters. The van der Waals surface area contributed by atoms with Gasteiger partial charge in [0.15, 0.2) is 6.20 Å². The highest BCUT2D eigenvalue weighted by Gasteiger charge is 2.22. The molecule has 6 nitrogen and oxygen atoms in total. The minimum absolute atomic E-state index is 0.0214. The quantitative estimate of drug-likeness (QED) is 0.415. The van der Waals surface area contributed by atoms with Crippen LogP contribution in [0, 0.1) is 5.21 Å². The van der Waals surface area contributed by atoms with Gasteiger partial charge in [0.1, 0.15) is 0 Å². The summed E-state index contributed by atoms with van der Waals surface area (Å²) in [5, 5.41) is 20.1. The van der Waals surface area contributed by atoms with Gasteiger partial charge in [-0.15, -0.1) is 0 Å². The van der Waals surface area contributed by atoms with E-state index in [-0.39, 0.29) is 16.5 Å². The highest BCUT2D eigenvalue weighted by molar-refractivity contribution is 5.26. The zero-order valence-electron chi connectivity index (χ0n) is 7.56. The molecule has 74 valence electrons. The summed E-state index contributed by atoms with van der Waals surface area (Å²) in [7, 11) is 0. The molecule has 0 saturated heterocycles. The Kier molecular flexibility index (Phi) is 2.84. The Bertz CT molecular complexity index is 284. The Morgan fingerprint density at radius 1 is 1.46 bits per heavy atom. The van der Waals surface area contributed by atoms with E-state index in [0.29, 0.717) is 18.1 Å². The highest BCUT2D eigenvalue weighted by atomic mass is 16.7. The van der Waals surface area contributed by atoms with Crippen LogP contribution in [0.15, 0.2) is 6.20 Å². The fraction of sp³-hybridized carbons (Fsp3) is 0.571. The molecule has 0 radical (unpaired) electrons. The molecule has 1 aromatic rings. The van der Waals surface area contributed by atoms with Crippen LogP contribution in [0.4, 0.5) is 0 Å². The van der Waals surface area contributed by atoms with Crippen LogP contribution in [-0.2, 0) is 0 Å². The summed E-state index contributed by atoms with van der Waals surface area (Å²) in [6.07, 6.45) is 1.15. The number of ether oxygens (including phenoxy) is 2. The summed E-state index contributed by atoms with van der Waals surface area (Å²) in [6.45, 7) is 4.26. The van der Waals surface area contributed by atoms with Crippen molar-refractivity contribution in [2.24, 2.45) is 0 Å². The average Bonchev–Trinajstić information content (AvgIpc) is 2.34. The van der Waals surface area contributed by atoms with Gasteiger partial charge < -0.3 is 19.9 Å². The molecule has 0 atom stereocenters. The second-order valence-corrected chi connectivity index (χ2v) is 2.26. The first kappa shape index (κ1) is 9.50. The van der Waals surface area contributed by atoms with Gasteiger partial charge in [-0.05, 0) is 18.7 Å². The van der Waals surface area contributed by atoms with Crippen molar-refractivity contribution in [2.45, 2.75) is 13.8 Å². The van der Waals surface area contributed by atoms with Crippen molar-refractivity contribution in [3.05, 3.63) is 11.4 Å². The molecule has 0 amide bonds. The molecule has 0 bridgehead atoms. The van der Waals surface area contributed by atoms with Crippen molar-refractivity contribution in [3.63, 3.8) is 0 Å². The molecule has 0 aliphatic rings. The molecule has 6 heteroatoms. The Hall–Kier alpha value is -1.59. The number of hydrogen-bond acceptors (Lipinski definition) is 4. The second kappa shape index (κ2) is 3.88. The fourth-order valence-electron chi connectivity index (χ4n) is 0.917. The van der Waals surface area contributed by atoms with E-state index < -0.39 is 0 Å².